The van der Waals surface area contributed by atoms with Crippen LogP contribution >= 0.6 is 11.3 Å². The van der Waals surface area contributed by atoms with Gasteiger partial charge < -0.3 is 0 Å². The first-order valence-electron chi connectivity index (χ1n) is 6.56. The number of nitrogens with zero attached hydrogens (tertiary/aromatic N) is 1. The summed E-state index contributed by atoms with van der Waals surface area (Å²) in [6, 6.07) is 8.01. The number of benzene rings is 1. The van der Waals surface area contributed by atoms with Crippen LogP contribution < -0.4 is 5.32 Å². The summed E-state index contributed by atoms with van der Waals surface area (Å²) in [5.74, 6) is 0.218. The molecule has 0 spiro atoms. The van der Waals surface area contributed by atoms with E-state index in [0.717, 1.165) is 11.3 Å². The quantitative estimate of drug-likeness (QED) is 0.855. The van der Waals surface area contributed by atoms with Crippen molar-refractivity contribution in [2.45, 2.75) is 26.7 Å². The maximum atomic E-state index is 11.8. The minimum Gasteiger partial charge on any atom is -0.298 e. The lowest BCUT2D eigenvalue weighted by Gasteiger charge is -1.98. The molecular weight excluding hydrogens is 268 g/mol. The second kappa shape index (κ2) is 6.48. The average molecular weight is 286 g/mol. The summed E-state index contributed by atoms with van der Waals surface area (Å²) in [5, 5.41) is 5.40. The van der Waals surface area contributed by atoms with E-state index in [4.69, 9.17) is 0 Å². The maximum Gasteiger partial charge on any atom is 0.250 e. The van der Waals surface area contributed by atoms with Crippen molar-refractivity contribution in [1.82, 2.24) is 4.98 Å². The molecule has 2 aromatic rings. The van der Waals surface area contributed by atoms with Crippen LogP contribution in [-0.2, 0) is 4.79 Å². The Labute approximate surface area is 123 Å². The Bertz CT molecular complexity index is 612. The van der Waals surface area contributed by atoms with Gasteiger partial charge in [0, 0.05) is 11.5 Å². The molecule has 4 heteroatoms. The predicted molar refractivity (Wildman–Crippen MR) is 85.0 cm³/mol. The Hall–Kier alpha value is -1.94. The van der Waals surface area contributed by atoms with Gasteiger partial charge in [-0.2, -0.15) is 0 Å². The van der Waals surface area contributed by atoms with E-state index in [1.165, 1.54) is 23.0 Å². The molecule has 0 fully saturated rings. The zero-order valence-corrected chi connectivity index (χ0v) is 12.7. The van der Waals surface area contributed by atoms with E-state index in [2.05, 4.69) is 24.1 Å². The number of anilines is 1. The van der Waals surface area contributed by atoms with Gasteiger partial charge in [-0.25, -0.2) is 4.98 Å². The van der Waals surface area contributed by atoms with Crippen molar-refractivity contribution in [3.63, 3.8) is 0 Å². The fourth-order valence-electron chi connectivity index (χ4n) is 1.61. The van der Waals surface area contributed by atoms with E-state index in [1.54, 1.807) is 6.08 Å². The van der Waals surface area contributed by atoms with E-state index in [1.807, 2.05) is 36.6 Å². The monoisotopic (exact) mass is 286 g/mol. The number of aromatic nitrogens is 1. The first-order chi connectivity index (χ1) is 9.54. The minimum atomic E-state index is -0.157. The van der Waals surface area contributed by atoms with Gasteiger partial charge in [-0.05, 0) is 24.5 Å². The lowest BCUT2D eigenvalue weighted by molar-refractivity contribution is -0.111. The highest BCUT2D eigenvalue weighted by molar-refractivity contribution is 7.14. The number of carbonyl (C=O) groups excluding carboxylic acids is 1. The number of hydrogen-bond donors (Lipinski definition) is 1. The second-order valence-electron chi connectivity index (χ2n) is 4.97. The van der Waals surface area contributed by atoms with Gasteiger partial charge in [0.05, 0.1) is 5.69 Å². The molecule has 0 saturated heterocycles. The normalized spacial score (nSPS) is 11.2. The summed E-state index contributed by atoms with van der Waals surface area (Å²) < 4.78 is 0. The maximum absolute atomic E-state index is 11.8. The van der Waals surface area contributed by atoms with E-state index >= 15 is 0 Å². The summed E-state index contributed by atoms with van der Waals surface area (Å²) in [4.78, 5) is 16.2. The Morgan fingerprint density at radius 3 is 2.60 bits per heavy atom. The van der Waals surface area contributed by atoms with Gasteiger partial charge in [-0.1, -0.05) is 43.7 Å². The molecule has 3 nitrogen and oxygen atoms in total. The molecule has 1 N–H and O–H groups in total. The molecule has 0 radical (unpaired) electrons. The number of thiazole rings is 1. The number of aryl methyl sites for hydroxylation is 1. The fraction of sp³-hybridized carbons (Fsp3) is 0.250. The van der Waals surface area contributed by atoms with Crippen LogP contribution in [0.25, 0.3) is 6.08 Å². The molecule has 0 bridgehead atoms. The zero-order chi connectivity index (χ0) is 14.5. The van der Waals surface area contributed by atoms with Crippen LogP contribution in [-0.4, -0.2) is 10.9 Å². The van der Waals surface area contributed by atoms with Crippen LogP contribution in [0.5, 0.6) is 0 Å². The molecule has 2 rings (SSSR count). The average Bonchev–Trinajstić information content (AvgIpc) is 2.87. The van der Waals surface area contributed by atoms with Gasteiger partial charge in [0.2, 0.25) is 5.91 Å². The number of hydrogen-bond acceptors (Lipinski definition) is 3. The highest BCUT2D eigenvalue weighted by atomic mass is 32.1. The topological polar surface area (TPSA) is 42.0 Å². The molecule has 104 valence electrons. The number of amides is 1. The highest BCUT2D eigenvalue weighted by Crippen LogP contribution is 2.21. The Balaban J connectivity index is 1.96. The molecule has 1 heterocycles. The standard InChI is InChI=1S/C16H18N2OS/c1-11(2)14-10-20-16(17-14)18-15(19)9-8-13-6-4-12(3)5-7-13/h4-11H,1-3H3,(H,17,18,19)/b9-8+. The molecule has 0 aliphatic heterocycles. The molecule has 0 saturated carbocycles. The van der Waals surface area contributed by atoms with Crippen molar-refractivity contribution >= 4 is 28.5 Å². The van der Waals surface area contributed by atoms with Crippen molar-refractivity contribution in [2.75, 3.05) is 5.32 Å². The number of rotatable bonds is 4. The van der Waals surface area contributed by atoms with Gasteiger partial charge in [-0.15, -0.1) is 11.3 Å². The van der Waals surface area contributed by atoms with Crippen LogP contribution in [0.15, 0.2) is 35.7 Å². The lowest BCUT2D eigenvalue weighted by Crippen LogP contribution is -2.07. The highest BCUT2D eigenvalue weighted by Gasteiger charge is 2.06. The van der Waals surface area contributed by atoms with Crippen LogP contribution in [0.1, 0.15) is 36.6 Å². The van der Waals surface area contributed by atoms with Gasteiger partial charge in [0.1, 0.15) is 0 Å². The third-order valence-electron chi connectivity index (χ3n) is 2.85. The summed E-state index contributed by atoms with van der Waals surface area (Å²) in [6.45, 7) is 6.20. The van der Waals surface area contributed by atoms with Gasteiger partial charge >= 0.3 is 0 Å². The Morgan fingerprint density at radius 1 is 1.30 bits per heavy atom. The van der Waals surface area contributed by atoms with Crippen molar-refractivity contribution in [1.29, 1.82) is 0 Å². The first kappa shape index (κ1) is 14.5. The van der Waals surface area contributed by atoms with Crippen LogP contribution in [0.2, 0.25) is 0 Å². The number of carbonyl (C=O) groups is 1. The fourth-order valence-corrected chi connectivity index (χ4v) is 2.48. The van der Waals surface area contributed by atoms with E-state index in [0.29, 0.717) is 11.0 Å². The molecule has 0 aliphatic rings. The molecular formula is C16H18N2OS. The molecule has 20 heavy (non-hydrogen) atoms. The van der Waals surface area contributed by atoms with E-state index in [9.17, 15) is 4.79 Å². The third-order valence-corrected chi connectivity index (χ3v) is 3.62. The van der Waals surface area contributed by atoms with E-state index < -0.39 is 0 Å². The second-order valence-corrected chi connectivity index (χ2v) is 5.82. The Kier molecular flexibility index (Phi) is 4.69. The lowest BCUT2D eigenvalue weighted by atomic mass is 10.1. The van der Waals surface area contributed by atoms with Crippen molar-refractivity contribution in [2.24, 2.45) is 0 Å². The predicted octanol–water partition coefficient (Wildman–Crippen LogP) is 4.23. The molecule has 1 aromatic heterocycles. The van der Waals surface area contributed by atoms with Crippen LogP contribution in [0, 0.1) is 6.92 Å². The molecule has 1 aromatic carbocycles. The number of nitrogens with one attached hydrogen (secondary N) is 1. The first-order valence-corrected chi connectivity index (χ1v) is 7.43. The van der Waals surface area contributed by atoms with Crippen molar-refractivity contribution in [3.05, 3.63) is 52.5 Å². The van der Waals surface area contributed by atoms with Gasteiger partial charge in [0.25, 0.3) is 0 Å². The summed E-state index contributed by atoms with van der Waals surface area (Å²) >= 11 is 1.45. The van der Waals surface area contributed by atoms with Crippen LogP contribution in [0.3, 0.4) is 0 Å². The van der Waals surface area contributed by atoms with Crippen molar-refractivity contribution < 1.29 is 4.79 Å². The van der Waals surface area contributed by atoms with Crippen LogP contribution in [0.4, 0.5) is 5.13 Å². The summed E-state index contributed by atoms with van der Waals surface area (Å²) in [6.07, 6.45) is 3.33. The van der Waals surface area contributed by atoms with E-state index in [-0.39, 0.29) is 5.91 Å². The smallest absolute Gasteiger partial charge is 0.250 e. The zero-order valence-electron chi connectivity index (χ0n) is 11.9. The SMILES string of the molecule is Cc1ccc(/C=C/C(=O)Nc2nc(C(C)C)cs2)cc1. The third kappa shape index (κ3) is 4.03. The van der Waals surface area contributed by atoms with Gasteiger partial charge in [0.15, 0.2) is 5.13 Å². The minimum absolute atomic E-state index is 0.157. The van der Waals surface area contributed by atoms with Gasteiger partial charge in [-0.3, -0.25) is 10.1 Å². The summed E-state index contributed by atoms with van der Waals surface area (Å²) in [5.41, 5.74) is 3.22. The van der Waals surface area contributed by atoms with Crippen molar-refractivity contribution in [3.8, 4) is 0 Å². The molecule has 1 amide bonds. The Morgan fingerprint density at radius 2 is 2.00 bits per heavy atom. The molecule has 0 unspecified atom stereocenters. The molecule has 0 atom stereocenters. The largest absolute Gasteiger partial charge is 0.298 e. The molecule has 0 aliphatic carbocycles. The summed E-state index contributed by atoms with van der Waals surface area (Å²) in [7, 11) is 0.